The van der Waals surface area contributed by atoms with Gasteiger partial charge in [0.25, 0.3) is 5.91 Å². The van der Waals surface area contributed by atoms with E-state index in [0.29, 0.717) is 0 Å². The van der Waals surface area contributed by atoms with Gasteiger partial charge in [-0.05, 0) is 17.7 Å². The van der Waals surface area contributed by atoms with E-state index < -0.39 is 48.2 Å². The number of nitrogens with one attached hydrogen (secondary N) is 1. The van der Waals surface area contributed by atoms with Crippen LogP contribution in [0, 0.1) is 0 Å². The Morgan fingerprint density at radius 3 is 2.84 bits per heavy atom. The summed E-state index contributed by atoms with van der Waals surface area (Å²) in [7, 11) is 0. The lowest BCUT2D eigenvalue weighted by atomic mass is 10.0. The molecule has 3 heterocycles. The van der Waals surface area contributed by atoms with Crippen molar-refractivity contribution in [2.75, 3.05) is 18.1 Å². The number of nitrogens with zero attached hydrogens (tertiary/aromatic N) is 2. The molecule has 2 amide bonds. The largest absolute Gasteiger partial charge is 0.477 e. The zero-order valence-electron chi connectivity index (χ0n) is 16.6. The molecule has 2 aliphatic rings. The van der Waals surface area contributed by atoms with Gasteiger partial charge in [-0.2, -0.15) is 0 Å². The van der Waals surface area contributed by atoms with Crippen molar-refractivity contribution in [1.29, 1.82) is 0 Å². The van der Waals surface area contributed by atoms with E-state index in [0.717, 1.165) is 16.7 Å². The number of hydrogen-bond acceptors (Lipinski definition) is 7. The van der Waals surface area contributed by atoms with E-state index in [1.807, 2.05) is 0 Å². The van der Waals surface area contributed by atoms with E-state index >= 15 is 0 Å². The monoisotopic (exact) mass is 385 g/mol. The molecule has 2 aliphatic heterocycles. The summed E-state index contributed by atoms with van der Waals surface area (Å²) in [5.74, 6) is -2.54. The lowest BCUT2D eigenvalue weighted by Crippen LogP contribution is -2.70. The maximum atomic E-state index is 12.4. The number of thioether (sulfide) groups is 2. The van der Waals surface area contributed by atoms with Crippen LogP contribution in [-0.2, 0) is 14.4 Å². The molecule has 0 spiro atoms. The van der Waals surface area contributed by atoms with Gasteiger partial charge in [0.2, 0.25) is 5.91 Å². The number of aliphatic carboxylic acids is 1. The molecule has 0 unspecified atom stereocenters. The van der Waals surface area contributed by atoms with E-state index in [1.54, 1.807) is 0 Å². The minimum absolute atomic E-state index is 0.0255. The first-order valence-corrected chi connectivity index (χ1v) is 9.08. The van der Waals surface area contributed by atoms with Crippen molar-refractivity contribution in [2.45, 2.75) is 16.3 Å². The third-order valence-electron chi connectivity index (χ3n) is 3.56. The molecule has 1 fully saturated rings. The number of carboxylic acid groups (broad SMARTS) is 1. The molecular formula is C15H15N3O5S2. The zero-order valence-corrected chi connectivity index (χ0v) is 14.2. The molecule has 0 bridgehead atoms. The Morgan fingerprint density at radius 1 is 1.48 bits per heavy atom. The van der Waals surface area contributed by atoms with E-state index in [4.69, 9.17) is 5.48 Å². The number of carboxylic acids is 1. The fourth-order valence-corrected chi connectivity index (χ4v) is 4.38. The average Bonchev–Trinajstić information content (AvgIpc) is 2.69. The average molecular weight is 385 g/mol. The number of hydrogen-bond donors (Lipinski definition) is 3. The van der Waals surface area contributed by atoms with Gasteiger partial charge in [-0.3, -0.25) is 19.5 Å². The van der Waals surface area contributed by atoms with E-state index in [9.17, 15) is 24.6 Å². The second kappa shape index (κ2) is 7.46. The van der Waals surface area contributed by atoms with E-state index in [2.05, 4.69) is 10.3 Å². The summed E-state index contributed by atoms with van der Waals surface area (Å²) in [5.41, 5.74) is -0.0324. The molecule has 1 aromatic rings. The van der Waals surface area contributed by atoms with Gasteiger partial charge in [-0.1, -0.05) is 0 Å². The highest BCUT2D eigenvalue weighted by Crippen LogP contribution is 2.40. The first kappa shape index (κ1) is 13.2. The fraction of sp³-hybridized carbons (Fsp3) is 0.333. The third kappa shape index (κ3) is 3.51. The van der Waals surface area contributed by atoms with Crippen molar-refractivity contribution >= 4 is 41.3 Å². The first-order valence-electron chi connectivity index (χ1n) is 9.04. The standard InChI is InChI=1S/C15H15N3O5S2/c19-5-8-6-25-14-11(13(21)18(14)12(8)15(22)23)17-10(20)7-24-9-1-3-16-4-2-9/h1-4,11,14,19H,5-7H2,(H,17,20)(H,22,23)/t11-,14-/m1/s1/i1D,2D,3D,4D. The van der Waals surface area contributed by atoms with Gasteiger partial charge < -0.3 is 15.5 Å². The molecule has 3 rings (SSSR count). The maximum Gasteiger partial charge on any atom is 0.352 e. The van der Waals surface area contributed by atoms with Crippen LogP contribution in [0.2, 0.25) is 0 Å². The molecule has 1 aromatic heterocycles. The molecule has 10 heteroatoms. The van der Waals surface area contributed by atoms with Gasteiger partial charge >= 0.3 is 5.97 Å². The molecule has 25 heavy (non-hydrogen) atoms. The van der Waals surface area contributed by atoms with Crippen LogP contribution in [0.4, 0.5) is 0 Å². The highest BCUT2D eigenvalue weighted by Gasteiger charge is 2.54. The summed E-state index contributed by atoms with van der Waals surface area (Å²) in [4.78, 5) is 40.5. The summed E-state index contributed by atoms with van der Waals surface area (Å²) < 4.78 is 30.6. The van der Waals surface area contributed by atoms with Gasteiger partial charge in [0, 0.05) is 23.0 Å². The number of aromatic nitrogens is 1. The third-order valence-corrected chi connectivity index (χ3v) is 5.79. The van der Waals surface area contributed by atoms with Crippen LogP contribution >= 0.6 is 23.5 Å². The Hall–Kier alpha value is -2.04. The van der Waals surface area contributed by atoms with Crippen LogP contribution in [0.5, 0.6) is 0 Å². The van der Waals surface area contributed by atoms with Gasteiger partial charge in [0.1, 0.15) is 17.1 Å². The van der Waals surface area contributed by atoms with Crippen LogP contribution in [-0.4, -0.2) is 67.4 Å². The van der Waals surface area contributed by atoms with E-state index in [-0.39, 0.29) is 39.8 Å². The number of β-lactam (4-membered cyclic amide) rings is 1. The van der Waals surface area contributed by atoms with Crippen LogP contribution in [0.25, 0.3) is 0 Å². The van der Waals surface area contributed by atoms with E-state index in [1.165, 1.54) is 11.8 Å². The van der Waals surface area contributed by atoms with Crippen LogP contribution < -0.4 is 5.32 Å². The summed E-state index contributed by atoms with van der Waals surface area (Å²) in [6, 6.07) is -1.64. The summed E-state index contributed by atoms with van der Waals surface area (Å²) >= 11 is 2.02. The normalized spacial score (nSPS) is 24.5. The lowest BCUT2D eigenvalue weighted by Gasteiger charge is -2.49. The number of rotatable bonds is 6. The Morgan fingerprint density at radius 2 is 2.20 bits per heavy atom. The fourth-order valence-electron chi connectivity index (χ4n) is 2.45. The Labute approximate surface area is 157 Å². The van der Waals surface area contributed by atoms with Crippen molar-refractivity contribution < 1.29 is 30.1 Å². The summed E-state index contributed by atoms with van der Waals surface area (Å²) in [6.45, 7) is -0.481. The number of aliphatic hydroxyl groups excluding tert-OH is 1. The van der Waals surface area contributed by atoms with Crippen molar-refractivity contribution in [3.8, 4) is 0 Å². The highest BCUT2D eigenvalue weighted by molar-refractivity contribution is 8.00. The molecule has 0 aliphatic carbocycles. The minimum Gasteiger partial charge on any atom is -0.477 e. The molecule has 3 N–H and O–H groups in total. The molecule has 1 saturated heterocycles. The number of aliphatic hydroxyl groups is 1. The quantitative estimate of drug-likeness (QED) is 0.459. The van der Waals surface area contributed by atoms with Crippen LogP contribution in [0.1, 0.15) is 5.48 Å². The summed E-state index contributed by atoms with van der Waals surface area (Å²) in [5, 5.41) is 20.5. The van der Waals surface area contributed by atoms with Crippen molar-refractivity contribution in [3.63, 3.8) is 0 Å². The molecule has 0 saturated carbocycles. The van der Waals surface area contributed by atoms with Crippen molar-refractivity contribution in [3.05, 3.63) is 35.7 Å². The highest BCUT2D eigenvalue weighted by atomic mass is 32.2. The Kier molecular flexibility index (Phi) is 3.94. The first-order chi connectivity index (χ1) is 13.7. The maximum absolute atomic E-state index is 12.4. The van der Waals surface area contributed by atoms with Crippen LogP contribution in [0.15, 0.2) is 40.6 Å². The minimum atomic E-state index is -1.32. The summed E-state index contributed by atoms with van der Waals surface area (Å²) in [6.07, 6.45) is -0.935. The molecule has 0 aromatic carbocycles. The van der Waals surface area contributed by atoms with Gasteiger partial charge in [-0.25, -0.2) is 4.79 Å². The Bertz CT molecular complexity index is 919. The second-order valence-corrected chi connectivity index (χ2v) is 7.16. The van der Waals surface area contributed by atoms with Gasteiger partial charge in [0.05, 0.1) is 17.8 Å². The molecule has 8 nitrogen and oxygen atoms in total. The number of pyridine rings is 1. The molecular weight excluding hydrogens is 366 g/mol. The van der Waals surface area contributed by atoms with Crippen molar-refractivity contribution in [2.24, 2.45) is 0 Å². The number of fused-ring (bicyclic) bond motifs is 1. The molecule has 0 radical (unpaired) electrons. The predicted molar refractivity (Wildman–Crippen MR) is 91.7 cm³/mol. The molecule has 132 valence electrons. The molecule has 2 atom stereocenters. The number of carbonyl (C=O) groups excluding carboxylic acids is 2. The number of carbonyl (C=O) groups is 3. The zero-order chi connectivity index (χ0) is 21.5. The number of amides is 2. The van der Waals surface area contributed by atoms with Gasteiger partial charge in [-0.15, -0.1) is 23.5 Å². The smallest absolute Gasteiger partial charge is 0.352 e. The van der Waals surface area contributed by atoms with Crippen LogP contribution in [0.3, 0.4) is 0 Å². The van der Waals surface area contributed by atoms with Crippen molar-refractivity contribution in [1.82, 2.24) is 15.2 Å². The predicted octanol–water partition coefficient (Wildman–Crippen LogP) is -0.0954. The Balaban J connectivity index is 1.66. The SMILES string of the molecule is [2H]c1nc([2H])c([2H])c(SCC(=O)N[C@@H]2C(=O)N3C(C(=O)O)=C(CO)CS[C@H]23)c1[2H]. The topological polar surface area (TPSA) is 120 Å². The lowest BCUT2D eigenvalue weighted by molar-refractivity contribution is -0.150. The second-order valence-electron chi connectivity index (χ2n) is 5.07. The van der Waals surface area contributed by atoms with Gasteiger partial charge in [0.15, 0.2) is 0 Å².